The van der Waals surface area contributed by atoms with Crippen LogP contribution in [-0.4, -0.2) is 36.9 Å². The molecule has 1 aliphatic heterocycles. The van der Waals surface area contributed by atoms with E-state index < -0.39 is 5.54 Å². The first-order chi connectivity index (χ1) is 10.1. The van der Waals surface area contributed by atoms with Crippen LogP contribution in [0.3, 0.4) is 0 Å². The van der Waals surface area contributed by atoms with Crippen LogP contribution in [0.2, 0.25) is 0 Å². The molecule has 21 heavy (non-hydrogen) atoms. The Morgan fingerprint density at radius 1 is 1.57 bits per heavy atom. The summed E-state index contributed by atoms with van der Waals surface area (Å²) < 4.78 is 10.8. The second-order valence-corrected chi connectivity index (χ2v) is 5.41. The van der Waals surface area contributed by atoms with Crippen molar-refractivity contribution in [2.75, 3.05) is 19.8 Å². The number of benzene rings is 1. The molecule has 2 unspecified atom stereocenters. The van der Waals surface area contributed by atoms with Gasteiger partial charge < -0.3 is 14.6 Å². The summed E-state index contributed by atoms with van der Waals surface area (Å²) in [6.45, 7) is 5.21. The van der Waals surface area contributed by atoms with Crippen LogP contribution in [0.15, 0.2) is 24.3 Å². The van der Waals surface area contributed by atoms with E-state index in [2.05, 4.69) is 5.32 Å². The molecule has 0 aromatic heterocycles. The van der Waals surface area contributed by atoms with E-state index in [-0.39, 0.29) is 17.8 Å². The van der Waals surface area contributed by atoms with Crippen molar-refractivity contribution >= 4 is 5.97 Å². The Balaban J connectivity index is 2.18. The summed E-state index contributed by atoms with van der Waals surface area (Å²) in [5, 5.41) is 12.9. The predicted octanol–water partition coefficient (Wildman–Crippen LogP) is 1.94. The van der Waals surface area contributed by atoms with Crippen LogP contribution in [-0.2, 0) is 19.8 Å². The van der Waals surface area contributed by atoms with E-state index in [9.17, 15) is 9.90 Å². The Hall–Kier alpha value is -1.59. The summed E-state index contributed by atoms with van der Waals surface area (Å²) in [7, 11) is 0. The minimum atomic E-state index is -0.999. The highest BCUT2D eigenvalue weighted by atomic mass is 16.5. The van der Waals surface area contributed by atoms with E-state index in [4.69, 9.17) is 9.47 Å². The van der Waals surface area contributed by atoms with Crippen LogP contribution in [0, 0.1) is 0 Å². The number of carbonyl (C=O) groups is 1. The lowest BCUT2D eigenvalue weighted by molar-refractivity contribution is -0.151. The number of nitrogens with one attached hydrogen (secondary N) is 1. The van der Waals surface area contributed by atoms with Crippen LogP contribution < -0.4 is 5.32 Å². The fourth-order valence-electron chi connectivity index (χ4n) is 2.51. The van der Waals surface area contributed by atoms with Crippen LogP contribution >= 0.6 is 0 Å². The fraction of sp³-hybridized carbons (Fsp3) is 0.562. The van der Waals surface area contributed by atoms with Crippen molar-refractivity contribution in [1.29, 1.82) is 0 Å². The smallest absolute Gasteiger partial charge is 0.330 e. The average Bonchev–Trinajstić information content (AvgIpc) is 2.98. The van der Waals surface area contributed by atoms with Crippen molar-refractivity contribution in [1.82, 2.24) is 5.32 Å². The monoisotopic (exact) mass is 293 g/mol. The molecule has 0 bridgehead atoms. The minimum absolute atomic E-state index is 0.121. The third kappa shape index (κ3) is 3.74. The summed E-state index contributed by atoms with van der Waals surface area (Å²) in [6.07, 6.45) is 2.16. The number of rotatable bonds is 6. The van der Waals surface area contributed by atoms with Gasteiger partial charge in [0.2, 0.25) is 0 Å². The van der Waals surface area contributed by atoms with Gasteiger partial charge in [-0.25, -0.2) is 4.79 Å². The van der Waals surface area contributed by atoms with Crippen LogP contribution in [0.25, 0.3) is 0 Å². The molecule has 1 aliphatic rings. The van der Waals surface area contributed by atoms with Crippen molar-refractivity contribution < 1.29 is 19.4 Å². The molecule has 0 spiro atoms. The number of aromatic hydroxyl groups is 1. The Morgan fingerprint density at radius 2 is 2.38 bits per heavy atom. The molecule has 2 rings (SSSR count). The second-order valence-electron chi connectivity index (χ2n) is 5.41. The molecule has 1 saturated heterocycles. The average molecular weight is 293 g/mol. The molecule has 5 heteroatoms. The first-order valence-electron chi connectivity index (χ1n) is 7.39. The lowest BCUT2D eigenvalue weighted by Crippen LogP contribution is -2.50. The molecule has 2 N–H and O–H groups in total. The summed E-state index contributed by atoms with van der Waals surface area (Å²) in [5.41, 5.74) is -0.320. The van der Waals surface area contributed by atoms with Crippen LogP contribution in [0.4, 0.5) is 0 Å². The van der Waals surface area contributed by atoms with Crippen molar-refractivity contribution in [2.45, 2.75) is 38.3 Å². The molecule has 1 fully saturated rings. The summed E-state index contributed by atoms with van der Waals surface area (Å²) in [6, 6.07) is 6.68. The van der Waals surface area contributed by atoms with E-state index in [0.717, 1.165) is 19.4 Å². The van der Waals surface area contributed by atoms with E-state index in [0.29, 0.717) is 18.7 Å². The molecule has 0 amide bonds. The maximum Gasteiger partial charge on any atom is 0.330 e. The molecule has 2 atom stereocenters. The van der Waals surface area contributed by atoms with Gasteiger partial charge in [-0.1, -0.05) is 12.1 Å². The first-order valence-corrected chi connectivity index (χ1v) is 7.39. The Morgan fingerprint density at radius 3 is 3.00 bits per heavy atom. The van der Waals surface area contributed by atoms with E-state index in [1.807, 2.05) is 0 Å². The highest BCUT2D eigenvalue weighted by Gasteiger charge is 2.37. The molecular formula is C16H23NO4. The molecule has 0 aliphatic carbocycles. The van der Waals surface area contributed by atoms with E-state index >= 15 is 0 Å². The number of esters is 1. The number of hydrogen-bond acceptors (Lipinski definition) is 5. The number of phenolic OH excluding ortho intramolecular Hbond substituents is 1. The van der Waals surface area contributed by atoms with Gasteiger partial charge in [0, 0.05) is 13.2 Å². The third-order valence-corrected chi connectivity index (χ3v) is 3.81. The SMILES string of the molecule is CCOC(=O)C(C)(NCC1CCCO1)c1cccc(O)c1. The molecule has 1 aromatic rings. The summed E-state index contributed by atoms with van der Waals surface area (Å²) in [4.78, 5) is 12.4. The van der Waals surface area contributed by atoms with Crippen LogP contribution in [0.1, 0.15) is 32.3 Å². The summed E-state index contributed by atoms with van der Waals surface area (Å²) in [5.74, 6) is -0.226. The molecule has 0 radical (unpaired) electrons. The van der Waals surface area contributed by atoms with Gasteiger partial charge in [0.25, 0.3) is 0 Å². The predicted molar refractivity (Wildman–Crippen MR) is 79.1 cm³/mol. The van der Waals surface area contributed by atoms with Crippen molar-refractivity contribution in [3.63, 3.8) is 0 Å². The zero-order valence-corrected chi connectivity index (χ0v) is 12.6. The molecular weight excluding hydrogens is 270 g/mol. The number of ether oxygens (including phenoxy) is 2. The van der Waals surface area contributed by atoms with E-state index in [1.165, 1.54) is 0 Å². The molecule has 116 valence electrons. The highest BCUT2D eigenvalue weighted by Crippen LogP contribution is 2.26. The quantitative estimate of drug-likeness (QED) is 0.785. The van der Waals surface area contributed by atoms with Crippen molar-refractivity contribution in [3.8, 4) is 5.75 Å². The second kappa shape index (κ2) is 6.91. The van der Waals surface area contributed by atoms with Gasteiger partial charge >= 0.3 is 5.97 Å². The zero-order chi connectivity index (χ0) is 15.3. The fourth-order valence-corrected chi connectivity index (χ4v) is 2.51. The van der Waals surface area contributed by atoms with Crippen molar-refractivity contribution in [3.05, 3.63) is 29.8 Å². The third-order valence-electron chi connectivity index (χ3n) is 3.81. The standard InChI is InChI=1S/C16H23NO4/c1-3-20-15(19)16(2,12-6-4-7-13(18)10-12)17-11-14-8-5-9-21-14/h4,6-7,10,14,17-18H,3,5,8-9,11H2,1-2H3. The van der Waals surface area contributed by atoms with Crippen LogP contribution in [0.5, 0.6) is 5.75 Å². The largest absolute Gasteiger partial charge is 0.508 e. The molecule has 1 heterocycles. The van der Waals surface area contributed by atoms with Gasteiger partial charge in [-0.3, -0.25) is 5.32 Å². The lowest BCUT2D eigenvalue weighted by atomic mass is 9.91. The summed E-state index contributed by atoms with van der Waals surface area (Å²) >= 11 is 0. The topological polar surface area (TPSA) is 67.8 Å². The van der Waals surface area contributed by atoms with Gasteiger partial charge in [-0.05, 0) is 44.4 Å². The maximum absolute atomic E-state index is 12.4. The molecule has 0 saturated carbocycles. The van der Waals surface area contributed by atoms with Crippen molar-refractivity contribution in [2.24, 2.45) is 0 Å². The van der Waals surface area contributed by atoms with Gasteiger partial charge in [-0.15, -0.1) is 0 Å². The molecule has 1 aromatic carbocycles. The molecule has 5 nitrogen and oxygen atoms in total. The lowest BCUT2D eigenvalue weighted by Gasteiger charge is -2.30. The zero-order valence-electron chi connectivity index (χ0n) is 12.6. The van der Waals surface area contributed by atoms with E-state index in [1.54, 1.807) is 38.1 Å². The van der Waals surface area contributed by atoms with Gasteiger partial charge in [-0.2, -0.15) is 0 Å². The maximum atomic E-state index is 12.4. The normalized spacial score (nSPS) is 21.0. The number of carbonyl (C=O) groups excluding carboxylic acids is 1. The van der Waals surface area contributed by atoms with Gasteiger partial charge in [0.15, 0.2) is 0 Å². The Bertz CT molecular complexity index is 485. The highest BCUT2D eigenvalue weighted by molar-refractivity contribution is 5.82. The Kier molecular flexibility index (Phi) is 5.20. The van der Waals surface area contributed by atoms with Gasteiger partial charge in [0.1, 0.15) is 11.3 Å². The van der Waals surface area contributed by atoms with Gasteiger partial charge in [0.05, 0.1) is 12.7 Å². The number of hydrogen-bond donors (Lipinski definition) is 2. The first kappa shape index (κ1) is 15.8. The Labute approximate surface area is 125 Å². The minimum Gasteiger partial charge on any atom is -0.508 e. The number of phenols is 1.